The van der Waals surface area contributed by atoms with Crippen LogP contribution in [0.15, 0.2) is 12.5 Å². The topological polar surface area (TPSA) is 105 Å². The molecule has 0 atom stereocenters. The van der Waals surface area contributed by atoms with E-state index < -0.39 is 4.92 Å². The van der Waals surface area contributed by atoms with Crippen LogP contribution in [-0.4, -0.2) is 24.3 Å². The first-order valence-electron chi connectivity index (χ1n) is 6.06. The van der Waals surface area contributed by atoms with Gasteiger partial charge in [-0.2, -0.15) is 5.10 Å². The smallest absolute Gasteiger partial charge is 0.333 e. The molecule has 1 aliphatic carbocycles. The van der Waals surface area contributed by atoms with Gasteiger partial charge in [0.25, 0.3) is 0 Å². The van der Waals surface area contributed by atoms with Gasteiger partial charge in [0.05, 0.1) is 29.7 Å². The van der Waals surface area contributed by atoms with Crippen molar-refractivity contribution in [1.82, 2.24) is 19.3 Å². The largest absolute Gasteiger partial charge is 0.378 e. The molecule has 0 amide bonds. The predicted octanol–water partition coefficient (Wildman–Crippen LogP) is 1.26. The van der Waals surface area contributed by atoms with Gasteiger partial charge in [0.15, 0.2) is 0 Å². The fraction of sp³-hybridized carbons (Fsp3) is 0.455. The number of imidazole rings is 1. The zero-order chi connectivity index (χ0) is 13.6. The lowest BCUT2D eigenvalue weighted by atomic mass is 10.4. The third kappa shape index (κ3) is 1.94. The third-order valence-electron chi connectivity index (χ3n) is 3.31. The molecule has 1 saturated carbocycles. The van der Waals surface area contributed by atoms with Gasteiger partial charge in [0.1, 0.15) is 5.69 Å². The molecular weight excluding hydrogens is 248 g/mol. The van der Waals surface area contributed by atoms with Crippen LogP contribution in [-0.2, 0) is 6.54 Å². The molecule has 3 rings (SSSR count). The maximum absolute atomic E-state index is 10.9. The normalized spacial score (nSPS) is 14.8. The van der Waals surface area contributed by atoms with E-state index in [1.54, 1.807) is 19.4 Å². The molecule has 1 aliphatic rings. The number of nitro groups is 1. The van der Waals surface area contributed by atoms with Crippen molar-refractivity contribution in [1.29, 1.82) is 0 Å². The van der Waals surface area contributed by atoms with Gasteiger partial charge in [-0.05, 0) is 19.8 Å². The highest BCUT2D eigenvalue weighted by atomic mass is 16.6. The highest BCUT2D eigenvalue weighted by molar-refractivity contribution is 5.56. The molecule has 2 heterocycles. The highest BCUT2D eigenvalue weighted by Crippen LogP contribution is 2.36. The molecule has 2 aromatic rings. The number of nitrogen functional groups attached to an aromatic ring is 1. The number of hydrogen-bond donors (Lipinski definition) is 1. The number of nitrogens with two attached hydrogens (primary N) is 1. The molecule has 0 radical (unpaired) electrons. The Morgan fingerprint density at radius 2 is 2.32 bits per heavy atom. The second-order valence-electron chi connectivity index (χ2n) is 4.76. The van der Waals surface area contributed by atoms with Crippen LogP contribution < -0.4 is 5.73 Å². The maximum atomic E-state index is 10.9. The highest BCUT2D eigenvalue weighted by Gasteiger charge is 2.27. The van der Waals surface area contributed by atoms with Crippen molar-refractivity contribution in [2.24, 2.45) is 0 Å². The average molecular weight is 262 g/mol. The Morgan fingerprint density at radius 1 is 1.58 bits per heavy atom. The lowest BCUT2D eigenvalue weighted by Crippen LogP contribution is -2.10. The molecule has 0 bridgehead atoms. The summed E-state index contributed by atoms with van der Waals surface area (Å²) in [5.41, 5.74) is 6.98. The molecule has 2 N–H and O–H groups in total. The van der Waals surface area contributed by atoms with E-state index in [4.69, 9.17) is 5.73 Å². The summed E-state index contributed by atoms with van der Waals surface area (Å²) in [5, 5.41) is 15.0. The van der Waals surface area contributed by atoms with Crippen molar-refractivity contribution in [2.75, 3.05) is 5.73 Å². The van der Waals surface area contributed by atoms with Crippen LogP contribution in [0.5, 0.6) is 0 Å². The van der Waals surface area contributed by atoms with Gasteiger partial charge in [-0.15, -0.1) is 0 Å². The molecule has 2 aromatic heterocycles. The molecule has 0 unspecified atom stereocenters. The van der Waals surface area contributed by atoms with Gasteiger partial charge in [-0.1, -0.05) is 0 Å². The van der Waals surface area contributed by atoms with Crippen LogP contribution in [0.2, 0.25) is 0 Å². The number of anilines is 1. The second-order valence-corrected chi connectivity index (χ2v) is 4.76. The summed E-state index contributed by atoms with van der Waals surface area (Å²) in [4.78, 5) is 14.5. The van der Waals surface area contributed by atoms with Gasteiger partial charge in [-0.3, -0.25) is 10.1 Å². The first kappa shape index (κ1) is 11.7. The molecule has 0 aliphatic heterocycles. The zero-order valence-electron chi connectivity index (χ0n) is 10.5. The summed E-state index contributed by atoms with van der Waals surface area (Å²) in [6, 6.07) is 0.505. The van der Waals surface area contributed by atoms with E-state index in [0.717, 1.165) is 18.5 Å². The summed E-state index contributed by atoms with van der Waals surface area (Å²) in [6.07, 6.45) is 5.84. The lowest BCUT2D eigenvalue weighted by Gasteiger charge is -2.07. The quantitative estimate of drug-likeness (QED) is 0.659. The lowest BCUT2D eigenvalue weighted by molar-refractivity contribution is -0.384. The van der Waals surface area contributed by atoms with E-state index in [1.165, 1.54) is 4.68 Å². The zero-order valence-corrected chi connectivity index (χ0v) is 10.5. The van der Waals surface area contributed by atoms with E-state index in [-0.39, 0.29) is 11.5 Å². The molecule has 8 nitrogen and oxygen atoms in total. The van der Waals surface area contributed by atoms with Crippen LogP contribution in [0, 0.1) is 17.0 Å². The Kier molecular flexibility index (Phi) is 2.51. The van der Waals surface area contributed by atoms with Gasteiger partial charge in [-0.25, -0.2) is 9.67 Å². The molecule has 0 saturated heterocycles. The van der Waals surface area contributed by atoms with Gasteiger partial charge < -0.3 is 10.3 Å². The van der Waals surface area contributed by atoms with Crippen LogP contribution in [0.25, 0.3) is 0 Å². The van der Waals surface area contributed by atoms with Crippen molar-refractivity contribution < 1.29 is 4.92 Å². The van der Waals surface area contributed by atoms with E-state index >= 15 is 0 Å². The molecule has 1 fully saturated rings. The summed E-state index contributed by atoms with van der Waals surface area (Å²) in [6.45, 7) is 1.99. The molecule has 0 spiro atoms. The van der Waals surface area contributed by atoms with E-state index in [9.17, 15) is 10.1 Å². The average Bonchev–Trinajstić information content (AvgIpc) is 3.01. The van der Waals surface area contributed by atoms with Crippen LogP contribution in [0.3, 0.4) is 0 Å². The monoisotopic (exact) mass is 262 g/mol. The number of aryl methyl sites for hydroxylation is 1. The van der Waals surface area contributed by atoms with Gasteiger partial charge in [0.2, 0.25) is 5.82 Å². The Morgan fingerprint density at radius 3 is 2.89 bits per heavy atom. The minimum absolute atomic E-state index is 0.0889. The Balaban J connectivity index is 1.93. The first-order chi connectivity index (χ1) is 9.08. The summed E-state index contributed by atoms with van der Waals surface area (Å²) < 4.78 is 3.55. The van der Waals surface area contributed by atoms with Crippen LogP contribution >= 0.6 is 0 Å². The molecule has 100 valence electrons. The van der Waals surface area contributed by atoms with Crippen molar-refractivity contribution >= 4 is 11.5 Å². The van der Waals surface area contributed by atoms with Crippen molar-refractivity contribution in [3.63, 3.8) is 0 Å². The Hall–Kier alpha value is -2.38. The van der Waals surface area contributed by atoms with Crippen molar-refractivity contribution in [2.45, 2.75) is 32.4 Å². The molecule has 19 heavy (non-hydrogen) atoms. The minimum Gasteiger partial charge on any atom is -0.378 e. The standard InChI is InChI=1S/C11H14N6O2/c1-7-10(17(18)19)11(12)16(14-7)5-9-4-13-6-15(9)8-2-3-8/h4,6,8H,2-3,5,12H2,1H3. The Labute approximate surface area is 109 Å². The number of aromatic nitrogens is 4. The van der Waals surface area contributed by atoms with Crippen molar-refractivity contribution in [3.8, 4) is 0 Å². The first-order valence-corrected chi connectivity index (χ1v) is 6.06. The fourth-order valence-corrected chi connectivity index (χ4v) is 2.23. The van der Waals surface area contributed by atoms with Crippen molar-refractivity contribution in [3.05, 3.63) is 34.0 Å². The van der Waals surface area contributed by atoms with Gasteiger partial charge >= 0.3 is 5.69 Å². The number of nitrogens with zero attached hydrogens (tertiary/aromatic N) is 5. The summed E-state index contributed by atoms with van der Waals surface area (Å²) in [5.74, 6) is 0.0889. The number of rotatable bonds is 4. The van der Waals surface area contributed by atoms with E-state index in [2.05, 4.69) is 14.6 Å². The van der Waals surface area contributed by atoms with Gasteiger partial charge in [0, 0.05) is 6.04 Å². The second kappa shape index (κ2) is 4.08. The molecule has 0 aromatic carbocycles. The SMILES string of the molecule is Cc1nn(Cc2cncn2C2CC2)c(N)c1[N+](=O)[O-]. The van der Waals surface area contributed by atoms with Crippen LogP contribution in [0.1, 0.15) is 30.3 Å². The maximum Gasteiger partial charge on any atom is 0.333 e. The summed E-state index contributed by atoms with van der Waals surface area (Å²) in [7, 11) is 0. The Bertz CT molecular complexity index is 640. The molecular formula is C11H14N6O2. The minimum atomic E-state index is -0.494. The van der Waals surface area contributed by atoms with E-state index in [0.29, 0.717) is 18.3 Å². The number of hydrogen-bond acceptors (Lipinski definition) is 5. The fourth-order valence-electron chi connectivity index (χ4n) is 2.23. The summed E-state index contributed by atoms with van der Waals surface area (Å²) >= 11 is 0. The van der Waals surface area contributed by atoms with E-state index in [1.807, 2.05) is 0 Å². The predicted molar refractivity (Wildman–Crippen MR) is 67.6 cm³/mol. The van der Waals surface area contributed by atoms with Crippen LogP contribution in [0.4, 0.5) is 11.5 Å². The molecule has 8 heteroatoms. The third-order valence-corrected chi connectivity index (χ3v) is 3.31.